The maximum Gasteiger partial charge on any atom is 0.251 e. The van der Waals surface area contributed by atoms with Crippen molar-refractivity contribution >= 4 is 54.3 Å². The summed E-state index contributed by atoms with van der Waals surface area (Å²) < 4.78 is 24.9. The zero-order chi connectivity index (χ0) is 16.2. The van der Waals surface area contributed by atoms with E-state index >= 15 is 0 Å². The number of aliphatic imine (C=N–C) groups is 1. The number of hydrogen-bond donors (Lipinski definition) is 0. The molecular weight excluding hydrogens is 400 g/mol. The van der Waals surface area contributed by atoms with Crippen LogP contribution >= 0.6 is 27.7 Å². The first-order valence-corrected chi connectivity index (χ1v) is 11.0. The molecule has 0 unspecified atom stereocenters. The Morgan fingerprint density at radius 2 is 1.91 bits per heavy atom. The van der Waals surface area contributed by atoms with Crippen molar-refractivity contribution in [3.8, 4) is 0 Å². The van der Waals surface area contributed by atoms with Gasteiger partial charge in [-0.2, -0.15) is 4.99 Å². The summed E-state index contributed by atoms with van der Waals surface area (Å²) in [6.07, 6.45) is 1.83. The molecule has 2 atom stereocenters. The van der Waals surface area contributed by atoms with Gasteiger partial charge in [-0.15, -0.1) is 0 Å². The molecule has 0 bridgehead atoms. The fourth-order valence-electron chi connectivity index (χ4n) is 2.98. The van der Waals surface area contributed by atoms with Crippen molar-refractivity contribution in [3.63, 3.8) is 0 Å². The number of carbonyl (C=O) groups is 1. The minimum absolute atomic E-state index is 0.0469. The van der Waals surface area contributed by atoms with Crippen molar-refractivity contribution in [1.82, 2.24) is 0 Å². The van der Waals surface area contributed by atoms with Gasteiger partial charge >= 0.3 is 0 Å². The van der Waals surface area contributed by atoms with Gasteiger partial charge in [-0.25, -0.2) is 8.42 Å². The summed E-state index contributed by atoms with van der Waals surface area (Å²) in [4.78, 5) is 18.3. The fraction of sp³-hybridized carbons (Fsp3) is 0.467. The average Bonchev–Trinajstić information content (AvgIpc) is 3.22. The van der Waals surface area contributed by atoms with E-state index in [1.807, 2.05) is 29.2 Å². The first kappa shape index (κ1) is 15.7. The molecule has 3 fully saturated rings. The Labute approximate surface area is 147 Å². The number of anilines is 1. The van der Waals surface area contributed by atoms with E-state index in [0.29, 0.717) is 5.17 Å². The maximum atomic E-state index is 12.1. The molecule has 8 heteroatoms. The number of amidine groups is 1. The van der Waals surface area contributed by atoms with Gasteiger partial charge in [0.1, 0.15) is 0 Å². The summed E-state index contributed by atoms with van der Waals surface area (Å²) in [6.45, 7) is 0. The second-order valence-electron chi connectivity index (χ2n) is 6.15. The van der Waals surface area contributed by atoms with Gasteiger partial charge in [-0.3, -0.25) is 4.79 Å². The summed E-state index contributed by atoms with van der Waals surface area (Å²) in [6, 6.07) is 7.54. The number of sulfone groups is 1. The molecule has 2 heterocycles. The largest absolute Gasteiger partial charge is 0.316 e. The lowest BCUT2D eigenvalue weighted by molar-refractivity contribution is -0.118. The van der Waals surface area contributed by atoms with Crippen molar-refractivity contribution in [2.45, 2.75) is 24.1 Å². The van der Waals surface area contributed by atoms with Crippen LogP contribution in [0.3, 0.4) is 0 Å². The normalized spacial score (nSPS) is 30.7. The number of hydrogen-bond acceptors (Lipinski definition) is 4. The molecule has 2 saturated heterocycles. The molecule has 3 aliphatic rings. The van der Waals surface area contributed by atoms with Crippen molar-refractivity contribution in [3.05, 3.63) is 28.7 Å². The molecule has 1 saturated carbocycles. The quantitative estimate of drug-likeness (QED) is 0.743. The van der Waals surface area contributed by atoms with Gasteiger partial charge in [0.05, 0.1) is 17.5 Å². The molecule has 2 aliphatic heterocycles. The Morgan fingerprint density at radius 3 is 2.57 bits per heavy atom. The Bertz CT molecular complexity index is 787. The number of amides is 1. The Balaban J connectivity index is 1.71. The summed E-state index contributed by atoms with van der Waals surface area (Å²) >= 11 is 4.84. The fourth-order valence-corrected chi connectivity index (χ4v) is 7.17. The molecular formula is C15H15BrN2O3S2. The second-order valence-corrected chi connectivity index (χ2v) is 10.4. The van der Waals surface area contributed by atoms with Crippen LogP contribution in [0.4, 0.5) is 5.69 Å². The molecule has 0 N–H and O–H groups in total. The smallest absolute Gasteiger partial charge is 0.251 e. The highest BCUT2D eigenvalue weighted by Crippen LogP contribution is 2.41. The first-order chi connectivity index (χ1) is 10.9. The lowest BCUT2D eigenvalue weighted by atomic mass is 10.2. The molecule has 0 aromatic heterocycles. The molecule has 1 aliphatic carbocycles. The average molecular weight is 415 g/mol. The van der Waals surface area contributed by atoms with Crippen LogP contribution in [0.5, 0.6) is 0 Å². The highest BCUT2D eigenvalue weighted by molar-refractivity contribution is 9.10. The van der Waals surface area contributed by atoms with Crippen molar-refractivity contribution in [2.24, 2.45) is 10.9 Å². The van der Waals surface area contributed by atoms with E-state index in [1.165, 1.54) is 11.8 Å². The van der Waals surface area contributed by atoms with Crippen molar-refractivity contribution in [2.75, 3.05) is 16.4 Å². The Morgan fingerprint density at radius 1 is 1.22 bits per heavy atom. The topological polar surface area (TPSA) is 66.8 Å². The van der Waals surface area contributed by atoms with Gasteiger partial charge in [-0.1, -0.05) is 27.7 Å². The van der Waals surface area contributed by atoms with Gasteiger partial charge in [0.2, 0.25) is 0 Å². The lowest BCUT2D eigenvalue weighted by Crippen LogP contribution is -2.37. The Kier molecular flexibility index (Phi) is 3.81. The molecule has 4 rings (SSSR count). The second kappa shape index (κ2) is 5.60. The predicted molar refractivity (Wildman–Crippen MR) is 95.6 cm³/mol. The molecule has 1 aromatic rings. The maximum absolute atomic E-state index is 12.1. The molecule has 1 aromatic carbocycles. The van der Waals surface area contributed by atoms with E-state index in [0.717, 1.165) is 23.0 Å². The van der Waals surface area contributed by atoms with Crippen molar-refractivity contribution < 1.29 is 13.2 Å². The third kappa shape index (κ3) is 3.08. The molecule has 5 nitrogen and oxygen atoms in total. The number of halogens is 1. The number of fused-ring (bicyclic) bond motifs is 1. The van der Waals surface area contributed by atoms with E-state index in [9.17, 15) is 13.2 Å². The van der Waals surface area contributed by atoms with Crippen LogP contribution in [-0.2, 0) is 14.6 Å². The predicted octanol–water partition coefficient (Wildman–Crippen LogP) is 2.46. The highest BCUT2D eigenvalue weighted by atomic mass is 79.9. The van der Waals surface area contributed by atoms with E-state index < -0.39 is 9.84 Å². The highest BCUT2D eigenvalue weighted by Gasteiger charge is 2.49. The van der Waals surface area contributed by atoms with Gasteiger partial charge in [0, 0.05) is 21.3 Å². The molecule has 122 valence electrons. The van der Waals surface area contributed by atoms with Gasteiger partial charge in [0.25, 0.3) is 5.91 Å². The molecule has 0 spiro atoms. The van der Waals surface area contributed by atoms with Crippen LogP contribution in [0.1, 0.15) is 12.8 Å². The minimum atomic E-state index is -3.02. The third-order valence-corrected chi connectivity index (χ3v) is 8.04. The Hall–Kier alpha value is -0.860. The summed E-state index contributed by atoms with van der Waals surface area (Å²) in [5.74, 6) is 0.278. The number of thioether (sulfide) groups is 1. The number of carbonyl (C=O) groups excluding carboxylic acids is 1. The van der Waals surface area contributed by atoms with E-state index in [2.05, 4.69) is 20.9 Å². The van der Waals surface area contributed by atoms with Crippen LogP contribution in [0, 0.1) is 5.92 Å². The summed E-state index contributed by atoms with van der Waals surface area (Å²) in [5.41, 5.74) is 0.882. The molecule has 23 heavy (non-hydrogen) atoms. The van der Waals surface area contributed by atoms with Crippen LogP contribution in [0.25, 0.3) is 0 Å². The SMILES string of the molecule is O=C(N=C1S[C@@H]2CS(=O)(=O)C[C@H]2N1c1ccc(Br)cc1)C1CC1. The molecule has 1 amide bonds. The zero-order valence-electron chi connectivity index (χ0n) is 12.2. The summed E-state index contributed by atoms with van der Waals surface area (Å²) in [5, 5.41) is 0.600. The monoisotopic (exact) mass is 414 g/mol. The van der Waals surface area contributed by atoms with Crippen LogP contribution in [0.15, 0.2) is 33.7 Å². The lowest BCUT2D eigenvalue weighted by Gasteiger charge is -2.24. The first-order valence-electron chi connectivity index (χ1n) is 7.47. The van der Waals surface area contributed by atoms with E-state index in [-0.39, 0.29) is 34.6 Å². The van der Waals surface area contributed by atoms with Gasteiger partial charge in [0.15, 0.2) is 15.0 Å². The van der Waals surface area contributed by atoms with Crippen LogP contribution < -0.4 is 4.90 Å². The van der Waals surface area contributed by atoms with E-state index in [4.69, 9.17) is 0 Å². The van der Waals surface area contributed by atoms with E-state index in [1.54, 1.807) is 0 Å². The van der Waals surface area contributed by atoms with Gasteiger partial charge < -0.3 is 4.90 Å². The van der Waals surface area contributed by atoms with Crippen molar-refractivity contribution in [1.29, 1.82) is 0 Å². The molecule has 0 radical (unpaired) electrons. The minimum Gasteiger partial charge on any atom is -0.316 e. The number of nitrogens with zero attached hydrogens (tertiary/aromatic N) is 2. The van der Waals surface area contributed by atoms with Gasteiger partial charge in [-0.05, 0) is 37.1 Å². The van der Waals surface area contributed by atoms with Crippen LogP contribution in [0.2, 0.25) is 0 Å². The third-order valence-electron chi connectivity index (χ3n) is 4.30. The standard InChI is InChI=1S/C15H15BrN2O3S2/c16-10-3-5-11(6-4-10)18-12-7-23(20,21)8-13(12)22-15(18)17-14(19)9-1-2-9/h3-6,9,12-13H,1-2,7-8H2/t12-,13-/m1/s1. The van der Waals surface area contributed by atoms with Crippen LogP contribution in [-0.4, -0.2) is 42.3 Å². The zero-order valence-corrected chi connectivity index (χ0v) is 15.4. The summed E-state index contributed by atoms with van der Waals surface area (Å²) in [7, 11) is -3.02. The number of rotatable bonds is 2. The number of benzene rings is 1.